The highest BCUT2D eigenvalue weighted by Crippen LogP contribution is 2.31. The monoisotopic (exact) mass is 358 g/mol. The molecule has 1 saturated heterocycles. The molecule has 4 rings (SSSR count). The summed E-state index contributed by atoms with van der Waals surface area (Å²) in [4.78, 5) is 22.5. The molecule has 0 atom stereocenters. The van der Waals surface area contributed by atoms with Crippen LogP contribution in [0.1, 0.15) is 16.1 Å². The van der Waals surface area contributed by atoms with Crippen LogP contribution in [0.2, 0.25) is 0 Å². The van der Waals surface area contributed by atoms with E-state index in [1.807, 2.05) is 30.3 Å². The van der Waals surface area contributed by atoms with Gasteiger partial charge in [-0.05, 0) is 5.56 Å². The van der Waals surface area contributed by atoms with Crippen LogP contribution in [0.25, 0.3) is 0 Å². The number of ether oxygens (including phenoxy) is 1. The lowest BCUT2D eigenvalue weighted by atomic mass is 10.2. The second-order valence-corrected chi connectivity index (χ2v) is 7.38. The molecule has 0 radical (unpaired) electrons. The molecule has 1 amide bonds. The third kappa shape index (κ3) is 3.77. The van der Waals surface area contributed by atoms with Gasteiger partial charge in [-0.3, -0.25) is 0 Å². The van der Waals surface area contributed by atoms with Crippen LogP contribution in [0, 0.1) is 0 Å². The molecule has 25 heavy (non-hydrogen) atoms. The van der Waals surface area contributed by atoms with Gasteiger partial charge < -0.3 is 19.9 Å². The van der Waals surface area contributed by atoms with Gasteiger partial charge in [0.25, 0.3) is 0 Å². The van der Waals surface area contributed by atoms with E-state index in [9.17, 15) is 4.79 Å². The van der Waals surface area contributed by atoms with Gasteiger partial charge in [-0.25, -0.2) is 9.78 Å². The predicted octanol–water partition coefficient (Wildman–Crippen LogP) is 2.25. The maximum Gasteiger partial charge on any atom is 0.410 e. The van der Waals surface area contributed by atoms with Crippen molar-refractivity contribution >= 4 is 22.6 Å². The molecule has 0 aliphatic carbocycles. The number of thiazole rings is 1. The van der Waals surface area contributed by atoms with E-state index >= 15 is 0 Å². The number of anilines is 1. The maximum absolute atomic E-state index is 12.4. The maximum atomic E-state index is 12.4. The standard InChI is InChI=1S/C18H22N4O2S/c23-18(24-13-14-4-2-1-3-5-14)22-9-6-15-16(12-22)25-17(20-15)21-10-7-19-8-11-21/h1-5,19H,6-13H2. The molecule has 1 aromatic heterocycles. The summed E-state index contributed by atoms with van der Waals surface area (Å²) in [6.07, 6.45) is 0.560. The molecule has 0 unspecified atom stereocenters. The first kappa shape index (κ1) is 16.4. The van der Waals surface area contributed by atoms with E-state index in [1.54, 1.807) is 16.2 Å². The fraction of sp³-hybridized carbons (Fsp3) is 0.444. The zero-order valence-electron chi connectivity index (χ0n) is 14.1. The van der Waals surface area contributed by atoms with Crippen LogP contribution in [-0.4, -0.2) is 48.7 Å². The van der Waals surface area contributed by atoms with E-state index in [4.69, 9.17) is 9.72 Å². The first-order valence-electron chi connectivity index (χ1n) is 8.69. The average Bonchev–Trinajstić information content (AvgIpc) is 3.11. The number of nitrogens with one attached hydrogen (secondary N) is 1. The van der Waals surface area contributed by atoms with Gasteiger partial charge in [0.15, 0.2) is 5.13 Å². The van der Waals surface area contributed by atoms with E-state index in [0.29, 0.717) is 19.7 Å². The van der Waals surface area contributed by atoms with E-state index in [2.05, 4.69) is 10.2 Å². The van der Waals surface area contributed by atoms with E-state index in [1.165, 1.54) is 4.88 Å². The average molecular weight is 358 g/mol. The second-order valence-electron chi connectivity index (χ2n) is 6.32. The molecule has 6 nitrogen and oxygen atoms in total. The number of nitrogens with zero attached hydrogens (tertiary/aromatic N) is 3. The van der Waals surface area contributed by atoms with Crippen molar-refractivity contribution in [3.05, 3.63) is 46.5 Å². The van der Waals surface area contributed by atoms with Crippen molar-refractivity contribution in [1.82, 2.24) is 15.2 Å². The van der Waals surface area contributed by atoms with Crippen molar-refractivity contribution in [2.45, 2.75) is 19.6 Å². The van der Waals surface area contributed by atoms with E-state index < -0.39 is 0 Å². The number of amides is 1. The molecular formula is C18H22N4O2S. The number of hydrogen-bond acceptors (Lipinski definition) is 6. The second kappa shape index (κ2) is 7.41. The zero-order valence-corrected chi connectivity index (χ0v) is 14.9. The lowest BCUT2D eigenvalue weighted by Crippen LogP contribution is -2.43. The highest BCUT2D eigenvalue weighted by molar-refractivity contribution is 7.15. The van der Waals surface area contributed by atoms with Crippen molar-refractivity contribution in [3.8, 4) is 0 Å². The summed E-state index contributed by atoms with van der Waals surface area (Å²) in [6.45, 7) is 5.59. The fourth-order valence-corrected chi connectivity index (χ4v) is 4.31. The van der Waals surface area contributed by atoms with Crippen molar-refractivity contribution in [2.75, 3.05) is 37.6 Å². The van der Waals surface area contributed by atoms with Crippen LogP contribution in [0.3, 0.4) is 0 Å². The third-order valence-corrected chi connectivity index (χ3v) is 5.71. The Hall–Kier alpha value is -2.12. The topological polar surface area (TPSA) is 57.7 Å². The van der Waals surface area contributed by atoms with Crippen molar-refractivity contribution in [1.29, 1.82) is 0 Å². The van der Waals surface area contributed by atoms with Crippen molar-refractivity contribution < 1.29 is 9.53 Å². The Balaban J connectivity index is 1.37. The van der Waals surface area contributed by atoms with Gasteiger partial charge in [-0.1, -0.05) is 41.7 Å². The summed E-state index contributed by atoms with van der Waals surface area (Å²) in [7, 11) is 0. The van der Waals surface area contributed by atoms with Crippen LogP contribution in [0.4, 0.5) is 9.93 Å². The minimum absolute atomic E-state index is 0.244. The first-order valence-corrected chi connectivity index (χ1v) is 9.51. The number of aromatic nitrogens is 1. The molecule has 3 heterocycles. The number of hydrogen-bond donors (Lipinski definition) is 1. The highest BCUT2D eigenvalue weighted by atomic mass is 32.1. The largest absolute Gasteiger partial charge is 0.445 e. The van der Waals surface area contributed by atoms with Crippen LogP contribution in [-0.2, 0) is 24.3 Å². The SMILES string of the molecule is O=C(OCc1ccccc1)N1CCc2nc(N3CCNCC3)sc2C1. The molecule has 1 N–H and O–H groups in total. The van der Waals surface area contributed by atoms with E-state index in [-0.39, 0.29) is 6.09 Å². The Morgan fingerprint density at radius 1 is 1.20 bits per heavy atom. The molecule has 0 spiro atoms. The van der Waals surface area contributed by atoms with Gasteiger partial charge >= 0.3 is 6.09 Å². The number of fused-ring (bicyclic) bond motifs is 1. The van der Waals surface area contributed by atoms with Gasteiger partial charge in [0, 0.05) is 44.0 Å². The predicted molar refractivity (Wildman–Crippen MR) is 97.9 cm³/mol. The number of carbonyl (C=O) groups excluding carboxylic acids is 1. The summed E-state index contributed by atoms with van der Waals surface area (Å²) in [5.74, 6) is 0. The smallest absolute Gasteiger partial charge is 0.410 e. The molecule has 132 valence electrons. The molecule has 2 aromatic rings. The number of piperazine rings is 1. The molecule has 0 bridgehead atoms. The van der Waals surface area contributed by atoms with Gasteiger partial charge in [0.05, 0.1) is 12.2 Å². The lowest BCUT2D eigenvalue weighted by molar-refractivity contribution is 0.0921. The molecule has 2 aliphatic heterocycles. The van der Waals surface area contributed by atoms with Gasteiger partial charge in [-0.15, -0.1) is 0 Å². The number of rotatable bonds is 3. The Morgan fingerprint density at radius 2 is 2.00 bits per heavy atom. The molecule has 1 fully saturated rings. The minimum atomic E-state index is -0.244. The number of benzene rings is 1. The van der Waals surface area contributed by atoms with Gasteiger partial charge in [0.1, 0.15) is 6.61 Å². The molecule has 7 heteroatoms. The minimum Gasteiger partial charge on any atom is -0.445 e. The summed E-state index contributed by atoms with van der Waals surface area (Å²) < 4.78 is 5.46. The molecule has 0 saturated carbocycles. The Labute approximate surface area is 151 Å². The summed E-state index contributed by atoms with van der Waals surface area (Å²) >= 11 is 1.72. The highest BCUT2D eigenvalue weighted by Gasteiger charge is 2.26. The van der Waals surface area contributed by atoms with Crippen molar-refractivity contribution in [2.24, 2.45) is 0 Å². The fourth-order valence-electron chi connectivity index (χ4n) is 3.14. The Morgan fingerprint density at radius 3 is 2.80 bits per heavy atom. The Kier molecular flexibility index (Phi) is 4.85. The first-order chi connectivity index (χ1) is 12.3. The van der Waals surface area contributed by atoms with Gasteiger partial charge in [0.2, 0.25) is 0 Å². The summed E-state index contributed by atoms with van der Waals surface area (Å²) in [6, 6.07) is 9.78. The van der Waals surface area contributed by atoms with Crippen LogP contribution in [0.15, 0.2) is 30.3 Å². The summed E-state index contributed by atoms with van der Waals surface area (Å²) in [5, 5.41) is 4.45. The van der Waals surface area contributed by atoms with Crippen molar-refractivity contribution in [3.63, 3.8) is 0 Å². The van der Waals surface area contributed by atoms with Crippen LogP contribution in [0.5, 0.6) is 0 Å². The summed E-state index contributed by atoms with van der Waals surface area (Å²) in [5.41, 5.74) is 2.15. The molecular weight excluding hydrogens is 336 g/mol. The Bertz CT molecular complexity index is 728. The van der Waals surface area contributed by atoms with Crippen LogP contribution >= 0.6 is 11.3 Å². The lowest BCUT2D eigenvalue weighted by Gasteiger charge is -2.26. The van der Waals surface area contributed by atoms with Crippen LogP contribution < -0.4 is 10.2 Å². The number of carbonyl (C=O) groups is 1. The quantitative estimate of drug-likeness (QED) is 0.912. The van der Waals surface area contributed by atoms with Gasteiger partial charge in [-0.2, -0.15) is 0 Å². The molecule has 1 aromatic carbocycles. The normalized spacial score (nSPS) is 17.3. The van der Waals surface area contributed by atoms with E-state index in [0.717, 1.165) is 49.0 Å². The zero-order chi connectivity index (χ0) is 17.1. The third-order valence-electron chi connectivity index (χ3n) is 4.57. The molecule has 2 aliphatic rings.